The number of hydrogen-bond donors (Lipinski definition) is 2. The van der Waals surface area contributed by atoms with Crippen LogP contribution in [0.4, 0.5) is 4.79 Å². The molecular formula is C13H24N2O2. The summed E-state index contributed by atoms with van der Waals surface area (Å²) >= 11 is 0. The second kappa shape index (κ2) is 4.48. The largest absolute Gasteiger partial charge is 0.444 e. The molecule has 0 aromatic heterocycles. The minimum atomic E-state index is -0.415. The van der Waals surface area contributed by atoms with E-state index in [9.17, 15) is 4.79 Å². The first kappa shape index (κ1) is 12.7. The molecule has 0 atom stereocenters. The summed E-state index contributed by atoms with van der Waals surface area (Å²) in [6, 6.07) is 0. The van der Waals surface area contributed by atoms with Gasteiger partial charge in [0, 0.05) is 24.5 Å². The molecule has 1 saturated heterocycles. The van der Waals surface area contributed by atoms with Crippen LogP contribution in [0.25, 0.3) is 0 Å². The fraction of sp³-hybridized carbons (Fsp3) is 0.923. The van der Waals surface area contributed by atoms with Crippen LogP contribution >= 0.6 is 0 Å². The summed E-state index contributed by atoms with van der Waals surface area (Å²) in [7, 11) is 0. The lowest BCUT2D eigenvalue weighted by molar-refractivity contribution is 0.0373. The molecule has 1 saturated carbocycles. The topological polar surface area (TPSA) is 50.4 Å². The third-order valence-electron chi connectivity index (χ3n) is 3.81. The molecule has 4 heteroatoms. The number of carbonyl (C=O) groups is 1. The van der Waals surface area contributed by atoms with Crippen molar-refractivity contribution in [3.63, 3.8) is 0 Å². The van der Waals surface area contributed by atoms with E-state index in [-0.39, 0.29) is 11.6 Å². The van der Waals surface area contributed by atoms with Crippen molar-refractivity contribution >= 4 is 6.09 Å². The van der Waals surface area contributed by atoms with Crippen LogP contribution in [0.3, 0.4) is 0 Å². The number of hydrogen-bond acceptors (Lipinski definition) is 3. The van der Waals surface area contributed by atoms with Gasteiger partial charge in [0.15, 0.2) is 0 Å². The first-order valence-electron chi connectivity index (χ1n) is 6.63. The van der Waals surface area contributed by atoms with E-state index in [1.807, 2.05) is 20.8 Å². The van der Waals surface area contributed by atoms with Crippen LogP contribution in [-0.4, -0.2) is 30.3 Å². The monoisotopic (exact) mass is 240 g/mol. The van der Waals surface area contributed by atoms with Crippen molar-refractivity contribution in [2.24, 2.45) is 5.92 Å². The second-order valence-electron chi connectivity index (χ2n) is 6.35. The van der Waals surface area contributed by atoms with Gasteiger partial charge in [-0.15, -0.1) is 0 Å². The van der Waals surface area contributed by atoms with Crippen molar-refractivity contribution in [2.75, 3.05) is 13.1 Å². The lowest BCUT2D eigenvalue weighted by Crippen LogP contribution is -2.62. The normalized spacial score (nSPS) is 24.2. The third-order valence-corrected chi connectivity index (χ3v) is 3.81. The van der Waals surface area contributed by atoms with Gasteiger partial charge in [0.2, 0.25) is 0 Å². The molecule has 2 fully saturated rings. The maximum absolute atomic E-state index is 11.9. The zero-order valence-corrected chi connectivity index (χ0v) is 11.1. The van der Waals surface area contributed by atoms with Crippen molar-refractivity contribution in [2.45, 2.75) is 57.6 Å². The standard InChI is InChI=1S/C13H24N2O2/c1-12(2,3)17-11(16)15-13(6-4-5-7-13)10-8-14-9-10/h10,14H,4-9H2,1-3H3,(H,15,16). The molecule has 0 spiro atoms. The molecule has 1 aliphatic heterocycles. The van der Waals surface area contributed by atoms with Gasteiger partial charge in [-0.05, 0) is 33.6 Å². The Labute approximate surface area is 103 Å². The Morgan fingerprint density at radius 3 is 2.29 bits per heavy atom. The predicted molar refractivity (Wildman–Crippen MR) is 66.9 cm³/mol. The Morgan fingerprint density at radius 2 is 1.88 bits per heavy atom. The average molecular weight is 240 g/mol. The van der Waals surface area contributed by atoms with Crippen LogP contribution in [0, 0.1) is 5.92 Å². The number of amides is 1. The Hall–Kier alpha value is -0.770. The minimum absolute atomic E-state index is 0.00637. The Kier molecular flexibility index (Phi) is 3.34. The van der Waals surface area contributed by atoms with E-state index >= 15 is 0 Å². The summed E-state index contributed by atoms with van der Waals surface area (Å²) in [4.78, 5) is 11.9. The molecule has 17 heavy (non-hydrogen) atoms. The van der Waals surface area contributed by atoms with Crippen LogP contribution in [-0.2, 0) is 4.74 Å². The highest BCUT2D eigenvalue weighted by molar-refractivity contribution is 5.69. The summed E-state index contributed by atoms with van der Waals surface area (Å²) in [5.41, 5.74) is -0.421. The van der Waals surface area contributed by atoms with Gasteiger partial charge in [0.1, 0.15) is 5.60 Å². The van der Waals surface area contributed by atoms with Gasteiger partial charge < -0.3 is 15.4 Å². The van der Waals surface area contributed by atoms with Crippen LogP contribution in [0.15, 0.2) is 0 Å². The lowest BCUT2D eigenvalue weighted by Gasteiger charge is -2.44. The Balaban J connectivity index is 1.96. The second-order valence-corrected chi connectivity index (χ2v) is 6.35. The molecule has 1 aliphatic carbocycles. The van der Waals surface area contributed by atoms with Crippen molar-refractivity contribution in [1.29, 1.82) is 0 Å². The number of nitrogens with one attached hydrogen (secondary N) is 2. The number of carbonyl (C=O) groups excluding carboxylic acids is 1. The Morgan fingerprint density at radius 1 is 1.29 bits per heavy atom. The first-order valence-corrected chi connectivity index (χ1v) is 6.63. The summed E-state index contributed by atoms with van der Waals surface area (Å²) in [6.07, 6.45) is 4.36. The van der Waals surface area contributed by atoms with Crippen molar-refractivity contribution in [1.82, 2.24) is 10.6 Å². The first-order chi connectivity index (χ1) is 7.91. The summed E-state index contributed by atoms with van der Waals surface area (Å²) in [5, 5.41) is 6.44. The van der Waals surface area contributed by atoms with E-state index in [0.717, 1.165) is 25.9 Å². The number of ether oxygens (including phenoxy) is 1. The molecule has 2 aliphatic rings. The maximum atomic E-state index is 11.9. The summed E-state index contributed by atoms with van der Waals surface area (Å²) in [5.74, 6) is 0.581. The van der Waals surface area contributed by atoms with Crippen molar-refractivity contribution in [3.8, 4) is 0 Å². The molecule has 0 aromatic carbocycles. The molecule has 0 radical (unpaired) electrons. The van der Waals surface area contributed by atoms with Crippen molar-refractivity contribution < 1.29 is 9.53 Å². The fourth-order valence-electron chi connectivity index (χ4n) is 2.83. The van der Waals surface area contributed by atoms with Crippen LogP contribution in [0.5, 0.6) is 0 Å². The maximum Gasteiger partial charge on any atom is 0.408 e. The fourth-order valence-corrected chi connectivity index (χ4v) is 2.83. The molecule has 1 amide bonds. The van der Waals surface area contributed by atoms with Gasteiger partial charge in [-0.2, -0.15) is 0 Å². The van der Waals surface area contributed by atoms with Gasteiger partial charge >= 0.3 is 6.09 Å². The molecule has 1 heterocycles. The van der Waals surface area contributed by atoms with Gasteiger partial charge in [-0.25, -0.2) is 4.79 Å². The molecule has 0 bridgehead atoms. The molecule has 98 valence electrons. The third kappa shape index (κ3) is 2.92. The van der Waals surface area contributed by atoms with Gasteiger partial charge in [-0.1, -0.05) is 12.8 Å². The molecule has 2 N–H and O–H groups in total. The smallest absolute Gasteiger partial charge is 0.408 e. The minimum Gasteiger partial charge on any atom is -0.444 e. The molecule has 0 aromatic rings. The quantitative estimate of drug-likeness (QED) is 0.776. The predicted octanol–water partition coefficient (Wildman–Crippen LogP) is 2.04. The van der Waals surface area contributed by atoms with E-state index < -0.39 is 5.60 Å². The zero-order chi connectivity index (χ0) is 12.5. The highest BCUT2D eigenvalue weighted by Gasteiger charge is 2.45. The lowest BCUT2D eigenvalue weighted by atomic mass is 9.78. The number of alkyl carbamates (subject to hydrolysis) is 1. The van der Waals surface area contributed by atoms with E-state index in [1.54, 1.807) is 0 Å². The average Bonchev–Trinajstić information content (AvgIpc) is 2.45. The van der Waals surface area contributed by atoms with Crippen LogP contribution < -0.4 is 10.6 Å². The van der Waals surface area contributed by atoms with Crippen LogP contribution in [0.2, 0.25) is 0 Å². The summed E-state index contributed by atoms with van der Waals surface area (Å²) in [6.45, 7) is 7.75. The Bertz CT molecular complexity index is 286. The molecule has 4 nitrogen and oxygen atoms in total. The van der Waals surface area contributed by atoms with Crippen molar-refractivity contribution in [3.05, 3.63) is 0 Å². The zero-order valence-electron chi connectivity index (χ0n) is 11.1. The molecule has 0 unspecified atom stereocenters. The highest BCUT2D eigenvalue weighted by atomic mass is 16.6. The highest BCUT2D eigenvalue weighted by Crippen LogP contribution is 2.38. The van der Waals surface area contributed by atoms with E-state index in [4.69, 9.17) is 4.74 Å². The van der Waals surface area contributed by atoms with Gasteiger partial charge in [0.25, 0.3) is 0 Å². The SMILES string of the molecule is CC(C)(C)OC(=O)NC1(C2CNC2)CCCC1. The van der Waals surface area contributed by atoms with Gasteiger partial charge in [-0.3, -0.25) is 0 Å². The van der Waals surface area contributed by atoms with E-state index in [0.29, 0.717) is 5.92 Å². The molecule has 2 rings (SSSR count). The van der Waals surface area contributed by atoms with E-state index in [1.165, 1.54) is 12.8 Å². The van der Waals surface area contributed by atoms with Gasteiger partial charge in [0.05, 0.1) is 0 Å². The van der Waals surface area contributed by atoms with Crippen LogP contribution in [0.1, 0.15) is 46.5 Å². The van der Waals surface area contributed by atoms with E-state index in [2.05, 4.69) is 10.6 Å². The summed E-state index contributed by atoms with van der Waals surface area (Å²) < 4.78 is 5.37. The molecular weight excluding hydrogens is 216 g/mol. The number of rotatable bonds is 2.